The maximum Gasteiger partial charge on any atom is 0.274 e. The van der Waals surface area contributed by atoms with Gasteiger partial charge in [-0.05, 0) is 36.6 Å². The third-order valence-corrected chi connectivity index (χ3v) is 6.18. The van der Waals surface area contributed by atoms with Gasteiger partial charge in [-0.1, -0.05) is 12.2 Å². The largest absolute Gasteiger partial charge is 0.387 e. The van der Waals surface area contributed by atoms with Crippen LogP contribution in [0.1, 0.15) is 18.4 Å². The van der Waals surface area contributed by atoms with E-state index in [4.69, 9.17) is 5.26 Å². The second-order valence-electron chi connectivity index (χ2n) is 8.10. The van der Waals surface area contributed by atoms with Gasteiger partial charge in [0.2, 0.25) is 0 Å². The lowest BCUT2D eigenvalue weighted by atomic mass is 9.84. The van der Waals surface area contributed by atoms with Gasteiger partial charge in [0.1, 0.15) is 11.9 Å². The number of carbonyl (C=O) groups excluding carboxylic acids is 1. The molecule has 4 aliphatic rings. The number of rotatable bonds is 3. The summed E-state index contributed by atoms with van der Waals surface area (Å²) in [7, 11) is 0. The highest BCUT2D eigenvalue weighted by atomic mass is 16.1. The first-order valence-corrected chi connectivity index (χ1v) is 10.5. The van der Waals surface area contributed by atoms with Crippen molar-refractivity contribution in [1.29, 1.82) is 5.26 Å². The Balaban J connectivity index is 1.21. The fourth-order valence-corrected chi connectivity index (χ4v) is 4.56. The molecule has 5 rings (SSSR count). The van der Waals surface area contributed by atoms with Gasteiger partial charge in [0.25, 0.3) is 5.91 Å². The molecule has 4 heterocycles. The van der Waals surface area contributed by atoms with Crippen LogP contribution in [0.3, 0.4) is 0 Å². The molecule has 1 aromatic heterocycles. The molecule has 3 aliphatic heterocycles. The Hall–Kier alpha value is -3.24. The van der Waals surface area contributed by atoms with Crippen molar-refractivity contribution in [3.63, 3.8) is 0 Å². The number of amides is 1. The predicted molar refractivity (Wildman–Crippen MR) is 115 cm³/mol. The van der Waals surface area contributed by atoms with Gasteiger partial charge < -0.3 is 10.2 Å². The standard InChI is InChI=1S/C23H24N6O/c24-13-17-4-6-21(26-14-17)29-10-8-28(9-11-29)15-16-3-5-18-20(12-16)27-23(30)19-2-1-7-25-22(18)19/h3-6,12,14,18,25H,1-2,7-11,15H2. The van der Waals surface area contributed by atoms with Gasteiger partial charge in [-0.15, -0.1) is 0 Å². The summed E-state index contributed by atoms with van der Waals surface area (Å²) >= 11 is 0. The van der Waals surface area contributed by atoms with Crippen LogP contribution in [0.15, 0.2) is 58.4 Å². The first-order valence-electron chi connectivity index (χ1n) is 10.5. The minimum atomic E-state index is -0.0714. The highest BCUT2D eigenvalue weighted by Crippen LogP contribution is 2.31. The number of nitrogens with zero attached hydrogens (tertiary/aromatic N) is 5. The van der Waals surface area contributed by atoms with E-state index in [9.17, 15) is 4.79 Å². The monoisotopic (exact) mass is 400 g/mol. The van der Waals surface area contributed by atoms with E-state index in [1.54, 1.807) is 6.20 Å². The zero-order valence-corrected chi connectivity index (χ0v) is 16.8. The summed E-state index contributed by atoms with van der Waals surface area (Å²) in [4.78, 5) is 25.9. The second-order valence-corrected chi connectivity index (χ2v) is 8.10. The van der Waals surface area contributed by atoms with Crippen LogP contribution >= 0.6 is 0 Å². The van der Waals surface area contributed by atoms with Crippen LogP contribution in [0.5, 0.6) is 0 Å². The SMILES string of the molecule is N#Cc1ccc(N2CCN(CC3=CC4=NC(=O)C5=C(NCCC5)C4C=C3)CC2)nc1. The van der Waals surface area contributed by atoms with Crippen molar-refractivity contribution >= 4 is 17.4 Å². The molecular weight excluding hydrogens is 376 g/mol. The van der Waals surface area contributed by atoms with Gasteiger partial charge in [0, 0.05) is 56.7 Å². The second kappa shape index (κ2) is 7.88. The molecule has 1 aromatic rings. The number of carbonyl (C=O) groups is 1. The summed E-state index contributed by atoms with van der Waals surface area (Å²) in [5.74, 6) is 0.950. The summed E-state index contributed by atoms with van der Waals surface area (Å²) in [6, 6.07) is 5.84. The van der Waals surface area contributed by atoms with Crippen LogP contribution in [0.2, 0.25) is 0 Å². The number of pyridine rings is 1. The summed E-state index contributed by atoms with van der Waals surface area (Å²) in [6.45, 7) is 5.47. The molecule has 7 heteroatoms. The third kappa shape index (κ3) is 3.55. The number of fused-ring (bicyclic) bond motifs is 2. The van der Waals surface area contributed by atoms with Crippen molar-refractivity contribution in [2.45, 2.75) is 12.8 Å². The summed E-state index contributed by atoms with van der Waals surface area (Å²) in [5.41, 5.74) is 4.58. The zero-order valence-electron chi connectivity index (χ0n) is 16.8. The maximum atomic E-state index is 12.4. The van der Waals surface area contributed by atoms with E-state index in [0.717, 1.165) is 74.9 Å². The van der Waals surface area contributed by atoms with Crippen LogP contribution < -0.4 is 10.2 Å². The van der Waals surface area contributed by atoms with E-state index in [1.165, 1.54) is 5.57 Å². The number of aliphatic imine (C=N–C) groups is 1. The van der Waals surface area contributed by atoms with Crippen molar-refractivity contribution < 1.29 is 4.79 Å². The van der Waals surface area contributed by atoms with Gasteiger partial charge in [-0.2, -0.15) is 5.26 Å². The van der Waals surface area contributed by atoms with Crippen LogP contribution in [-0.2, 0) is 4.79 Å². The van der Waals surface area contributed by atoms with Gasteiger partial charge in [-0.3, -0.25) is 9.69 Å². The maximum absolute atomic E-state index is 12.4. The average Bonchev–Trinajstić information content (AvgIpc) is 2.80. The molecule has 0 spiro atoms. The molecule has 7 nitrogen and oxygen atoms in total. The molecule has 0 radical (unpaired) electrons. The number of dihydropyridines is 1. The van der Waals surface area contributed by atoms with Crippen LogP contribution in [-0.4, -0.2) is 60.8 Å². The number of nitriles is 1. The Kier molecular flexibility index (Phi) is 4.93. The molecule has 0 saturated carbocycles. The lowest BCUT2D eigenvalue weighted by Gasteiger charge is -2.36. The molecule has 1 amide bonds. The highest BCUT2D eigenvalue weighted by Gasteiger charge is 2.32. The molecule has 1 atom stereocenters. The molecule has 1 fully saturated rings. The number of nitrogens with one attached hydrogen (secondary N) is 1. The topological polar surface area (TPSA) is 84.6 Å². The van der Waals surface area contributed by atoms with Crippen molar-refractivity contribution in [3.8, 4) is 6.07 Å². The summed E-state index contributed by atoms with van der Waals surface area (Å²) in [6.07, 6.45) is 9.93. The molecular formula is C23H24N6O. The lowest BCUT2D eigenvalue weighted by Crippen LogP contribution is -2.47. The lowest BCUT2D eigenvalue weighted by molar-refractivity contribution is -0.114. The average molecular weight is 400 g/mol. The first kappa shape index (κ1) is 18.8. The van der Waals surface area contributed by atoms with Crippen LogP contribution in [0.4, 0.5) is 5.82 Å². The van der Waals surface area contributed by atoms with Gasteiger partial charge in [0.15, 0.2) is 0 Å². The molecule has 1 saturated heterocycles. The number of hydrogen-bond donors (Lipinski definition) is 1. The van der Waals surface area contributed by atoms with Crippen molar-refractivity contribution in [1.82, 2.24) is 15.2 Å². The minimum Gasteiger partial charge on any atom is -0.387 e. The molecule has 30 heavy (non-hydrogen) atoms. The van der Waals surface area contributed by atoms with E-state index in [0.29, 0.717) is 5.56 Å². The molecule has 1 N–H and O–H groups in total. The zero-order chi connectivity index (χ0) is 20.5. The van der Waals surface area contributed by atoms with Crippen molar-refractivity contribution in [2.24, 2.45) is 10.9 Å². The molecule has 1 unspecified atom stereocenters. The normalized spacial score (nSPS) is 23.8. The first-order chi connectivity index (χ1) is 14.7. The molecule has 0 aromatic carbocycles. The number of hydrogen-bond acceptors (Lipinski definition) is 6. The number of piperazine rings is 1. The van der Waals surface area contributed by atoms with Crippen molar-refractivity contribution in [2.75, 3.05) is 44.2 Å². The fraction of sp³-hybridized carbons (Fsp3) is 0.391. The summed E-state index contributed by atoms with van der Waals surface area (Å²) in [5, 5.41) is 12.4. The Labute approximate surface area is 176 Å². The van der Waals surface area contributed by atoms with E-state index >= 15 is 0 Å². The van der Waals surface area contributed by atoms with E-state index in [-0.39, 0.29) is 11.8 Å². The Bertz CT molecular complexity index is 1020. The number of anilines is 1. The van der Waals surface area contributed by atoms with Gasteiger partial charge in [-0.25, -0.2) is 9.98 Å². The van der Waals surface area contributed by atoms with Crippen molar-refractivity contribution in [3.05, 3.63) is 59.0 Å². The van der Waals surface area contributed by atoms with E-state index < -0.39 is 0 Å². The smallest absolute Gasteiger partial charge is 0.274 e. The molecule has 1 aliphatic carbocycles. The minimum absolute atomic E-state index is 0.0714. The van der Waals surface area contributed by atoms with Crippen LogP contribution in [0, 0.1) is 17.2 Å². The Morgan fingerprint density at radius 2 is 2.10 bits per heavy atom. The number of aromatic nitrogens is 1. The van der Waals surface area contributed by atoms with Gasteiger partial charge >= 0.3 is 0 Å². The molecule has 0 bridgehead atoms. The Morgan fingerprint density at radius 3 is 2.87 bits per heavy atom. The third-order valence-electron chi connectivity index (χ3n) is 6.18. The fourth-order valence-electron chi connectivity index (χ4n) is 4.56. The number of allylic oxidation sites excluding steroid dienone is 2. The van der Waals surface area contributed by atoms with E-state index in [2.05, 4.69) is 49.4 Å². The van der Waals surface area contributed by atoms with Crippen LogP contribution in [0.25, 0.3) is 0 Å². The summed E-state index contributed by atoms with van der Waals surface area (Å²) < 4.78 is 0. The quantitative estimate of drug-likeness (QED) is 0.833. The highest BCUT2D eigenvalue weighted by molar-refractivity contribution is 6.14. The molecule has 152 valence electrons. The predicted octanol–water partition coefficient (Wildman–Crippen LogP) is 1.81. The van der Waals surface area contributed by atoms with E-state index in [1.807, 2.05) is 12.1 Å². The Morgan fingerprint density at radius 1 is 1.23 bits per heavy atom. The van der Waals surface area contributed by atoms with Gasteiger partial charge in [0.05, 0.1) is 17.2 Å².